The highest BCUT2D eigenvalue weighted by molar-refractivity contribution is 9.10. The van der Waals surface area contributed by atoms with E-state index in [1.54, 1.807) is 36.4 Å². The fourth-order valence-corrected chi connectivity index (χ4v) is 3.88. The van der Waals surface area contributed by atoms with E-state index < -0.39 is 16.1 Å². The summed E-state index contributed by atoms with van der Waals surface area (Å²) in [6.45, 7) is 0.218. The second-order valence-corrected chi connectivity index (χ2v) is 8.33. The molecule has 0 saturated carbocycles. The lowest BCUT2D eigenvalue weighted by Gasteiger charge is -2.16. The van der Waals surface area contributed by atoms with E-state index >= 15 is 0 Å². The molecule has 27 heavy (non-hydrogen) atoms. The molecule has 1 amide bonds. The predicted octanol–water partition coefficient (Wildman–Crippen LogP) is 3.36. The molecule has 9 heteroatoms. The van der Waals surface area contributed by atoms with E-state index in [4.69, 9.17) is 8.83 Å². The number of furan rings is 2. The van der Waals surface area contributed by atoms with Crippen molar-refractivity contribution in [1.82, 2.24) is 10.0 Å². The Morgan fingerprint density at radius 2 is 1.74 bits per heavy atom. The molecule has 0 aliphatic rings. The van der Waals surface area contributed by atoms with Gasteiger partial charge in [-0.05, 0) is 48.5 Å². The largest absolute Gasteiger partial charge is 0.468 e. The van der Waals surface area contributed by atoms with Gasteiger partial charge in [-0.2, -0.15) is 4.72 Å². The molecule has 1 atom stereocenters. The van der Waals surface area contributed by atoms with Crippen LogP contribution in [0.2, 0.25) is 0 Å². The van der Waals surface area contributed by atoms with Gasteiger partial charge in [0.05, 0.1) is 36.4 Å². The molecule has 0 saturated heterocycles. The maximum Gasteiger partial charge on any atom is 0.241 e. The SMILES string of the molecule is O=C(CC(NS(=O)(=O)c1ccc(Br)cc1)c1ccco1)NCc1ccco1. The highest BCUT2D eigenvalue weighted by Crippen LogP contribution is 2.22. The smallest absolute Gasteiger partial charge is 0.241 e. The maximum atomic E-state index is 12.7. The zero-order chi connectivity index (χ0) is 19.3. The molecule has 3 rings (SSSR count). The number of rotatable bonds is 8. The molecular weight excluding hydrogens is 436 g/mol. The number of halogens is 1. The Hall–Kier alpha value is -2.36. The van der Waals surface area contributed by atoms with Gasteiger partial charge in [0.2, 0.25) is 15.9 Å². The van der Waals surface area contributed by atoms with E-state index in [9.17, 15) is 13.2 Å². The quantitative estimate of drug-likeness (QED) is 0.545. The summed E-state index contributed by atoms with van der Waals surface area (Å²) in [6.07, 6.45) is 2.82. The Morgan fingerprint density at radius 3 is 2.37 bits per heavy atom. The summed E-state index contributed by atoms with van der Waals surface area (Å²) in [6, 6.07) is 12.1. The summed E-state index contributed by atoms with van der Waals surface area (Å²) in [7, 11) is -3.84. The average molecular weight is 453 g/mol. The van der Waals surface area contributed by atoms with Gasteiger partial charge in [-0.25, -0.2) is 8.42 Å². The normalized spacial score (nSPS) is 12.6. The first-order valence-electron chi connectivity index (χ1n) is 8.04. The van der Waals surface area contributed by atoms with Crippen molar-refractivity contribution in [3.8, 4) is 0 Å². The lowest BCUT2D eigenvalue weighted by Crippen LogP contribution is -2.33. The van der Waals surface area contributed by atoms with Crippen molar-refractivity contribution in [3.63, 3.8) is 0 Å². The number of sulfonamides is 1. The van der Waals surface area contributed by atoms with E-state index in [-0.39, 0.29) is 23.8 Å². The standard InChI is InChI=1S/C18H17BrN2O5S/c19-13-5-7-15(8-6-13)27(23,24)21-16(17-4-2-10-26-17)11-18(22)20-12-14-3-1-9-25-14/h1-10,16,21H,11-12H2,(H,20,22). The first kappa shape index (κ1) is 19.4. The molecule has 1 aromatic carbocycles. The lowest BCUT2D eigenvalue weighted by atomic mass is 10.1. The van der Waals surface area contributed by atoms with Crippen molar-refractivity contribution in [1.29, 1.82) is 0 Å². The van der Waals surface area contributed by atoms with E-state index in [1.807, 2.05) is 0 Å². The second-order valence-electron chi connectivity index (χ2n) is 5.70. The van der Waals surface area contributed by atoms with Gasteiger partial charge in [-0.1, -0.05) is 15.9 Å². The topological polar surface area (TPSA) is 102 Å². The Morgan fingerprint density at radius 1 is 1.04 bits per heavy atom. The fourth-order valence-electron chi connectivity index (χ4n) is 2.42. The molecule has 0 aliphatic carbocycles. The van der Waals surface area contributed by atoms with Crippen LogP contribution >= 0.6 is 15.9 Å². The van der Waals surface area contributed by atoms with Crippen molar-refractivity contribution in [2.75, 3.05) is 0 Å². The summed E-state index contributed by atoms with van der Waals surface area (Å²) in [4.78, 5) is 12.4. The van der Waals surface area contributed by atoms with Crippen LogP contribution in [0, 0.1) is 0 Å². The minimum atomic E-state index is -3.84. The highest BCUT2D eigenvalue weighted by atomic mass is 79.9. The third-order valence-corrected chi connectivity index (χ3v) is 5.75. The van der Waals surface area contributed by atoms with Gasteiger partial charge in [0.25, 0.3) is 0 Å². The van der Waals surface area contributed by atoms with Gasteiger partial charge in [0.1, 0.15) is 11.5 Å². The minimum absolute atomic E-state index is 0.0956. The Labute approximate surface area is 164 Å². The van der Waals surface area contributed by atoms with Crippen molar-refractivity contribution in [2.24, 2.45) is 0 Å². The van der Waals surface area contributed by atoms with Crippen LogP contribution in [-0.2, 0) is 21.4 Å². The molecule has 2 aromatic heterocycles. The molecule has 1 unspecified atom stereocenters. The van der Waals surface area contributed by atoms with E-state index in [0.717, 1.165) is 4.47 Å². The molecule has 0 spiro atoms. The van der Waals surface area contributed by atoms with Crippen LogP contribution < -0.4 is 10.0 Å². The third kappa shape index (κ3) is 5.31. The summed E-state index contributed by atoms with van der Waals surface area (Å²) in [5.74, 6) is 0.614. The minimum Gasteiger partial charge on any atom is -0.468 e. The Kier molecular flexibility index (Phi) is 6.15. The fraction of sp³-hybridized carbons (Fsp3) is 0.167. The van der Waals surface area contributed by atoms with Gasteiger partial charge in [-0.3, -0.25) is 4.79 Å². The molecule has 0 bridgehead atoms. The number of amides is 1. The molecule has 0 fully saturated rings. The molecule has 7 nitrogen and oxygen atoms in total. The van der Waals surface area contributed by atoms with E-state index in [1.165, 1.54) is 24.7 Å². The number of benzene rings is 1. The van der Waals surface area contributed by atoms with Crippen molar-refractivity contribution >= 4 is 31.9 Å². The molecule has 142 valence electrons. The van der Waals surface area contributed by atoms with E-state index in [2.05, 4.69) is 26.0 Å². The number of carbonyl (C=O) groups excluding carboxylic acids is 1. The van der Waals surface area contributed by atoms with Gasteiger partial charge in [0.15, 0.2) is 0 Å². The van der Waals surface area contributed by atoms with Gasteiger partial charge in [0, 0.05) is 4.47 Å². The first-order valence-corrected chi connectivity index (χ1v) is 10.3. The second kappa shape index (κ2) is 8.55. The average Bonchev–Trinajstić information content (AvgIpc) is 3.33. The monoisotopic (exact) mass is 452 g/mol. The Balaban J connectivity index is 1.71. The van der Waals surface area contributed by atoms with Crippen LogP contribution in [0.25, 0.3) is 0 Å². The van der Waals surface area contributed by atoms with Crippen LogP contribution in [-0.4, -0.2) is 14.3 Å². The zero-order valence-corrected chi connectivity index (χ0v) is 16.5. The summed E-state index contributed by atoms with van der Waals surface area (Å²) in [5.41, 5.74) is 0. The molecule has 0 aliphatic heterocycles. The molecule has 0 radical (unpaired) electrons. The lowest BCUT2D eigenvalue weighted by molar-refractivity contribution is -0.121. The number of carbonyl (C=O) groups is 1. The van der Waals surface area contributed by atoms with Crippen molar-refractivity contribution in [3.05, 3.63) is 77.1 Å². The number of nitrogens with one attached hydrogen (secondary N) is 2. The highest BCUT2D eigenvalue weighted by Gasteiger charge is 2.25. The van der Waals surface area contributed by atoms with Crippen LogP contribution in [0.1, 0.15) is 24.0 Å². The molecule has 3 aromatic rings. The van der Waals surface area contributed by atoms with E-state index in [0.29, 0.717) is 11.5 Å². The summed E-state index contributed by atoms with van der Waals surface area (Å²) in [5, 5.41) is 2.70. The first-order chi connectivity index (χ1) is 12.9. The summed E-state index contributed by atoms with van der Waals surface area (Å²) >= 11 is 3.27. The molecular formula is C18H17BrN2O5S. The zero-order valence-electron chi connectivity index (χ0n) is 14.1. The van der Waals surface area contributed by atoms with Crippen LogP contribution in [0.3, 0.4) is 0 Å². The Bertz CT molecular complexity index is 967. The van der Waals surface area contributed by atoms with Gasteiger partial charge < -0.3 is 14.2 Å². The third-order valence-electron chi connectivity index (χ3n) is 3.74. The van der Waals surface area contributed by atoms with Crippen LogP contribution in [0.15, 0.2) is 79.3 Å². The summed E-state index contributed by atoms with van der Waals surface area (Å²) < 4.78 is 39.1. The van der Waals surface area contributed by atoms with Crippen molar-refractivity contribution < 1.29 is 22.0 Å². The van der Waals surface area contributed by atoms with Crippen LogP contribution in [0.4, 0.5) is 0 Å². The predicted molar refractivity (Wildman–Crippen MR) is 101 cm³/mol. The van der Waals surface area contributed by atoms with Crippen LogP contribution in [0.5, 0.6) is 0 Å². The number of hydrogen-bond donors (Lipinski definition) is 2. The number of hydrogen-bond acceptors (Lipinski definition) is 5. The maximum absolute atomic E-state index is 12.7. The van der Waals surface area contributed by atoms with Gasteiger partial charge in [-0.15, -0.1) is 0 Å². The molecule has 2 N–H and O–H groups in total. The van der Waals surface area contributed by atoms with Crippen molar-refractivity contribution in [2.45, 2.75) is 23.9 Å². The van der Waals surface area contributed by atoms with Gasteiger partial charge >= 0.3 is 0 Å². The molecule has 2 heterocycles.